The quantitative estimate of drug-likeness (QED) is 0.317. The number of hydrogen-bond acceptors (Lipinski definition) is 5. The number of rotatable bonds is 8. The zero-order valence-corrected chi connectivity index (χ0v) is 25.0. The van der Waals surface area contributed by atoms with Gasteiger partial charge >= 0.3 is 0 Å². The van der Waals surface area contributed by atoms with Crippen LogP contribution < -0.4 is 19.5 Å². The number of Topliss-reactive ketones (excluding diaryl/α,β-unsaturated/α-hetero) is 1. The molecule has 0 saturated heterocycles. The van der Waals surface area contributed by atoms with Crippen LogP contribution in [0.4, 0.5) is 11.4 Å². The Hall–Kier alpha value is -3.80. The fraction of sp³-hybridized carbons (Fsp3) is 0.412. The van der Waals surface area contributed by atoms with Crippen LogP contribution >= 0.6 is 0 Å². The lowest BCUT2D eigenvalue weighted by Gasteiger charge is -2.33. The number of benzene rings is 2. The van der Waals surface area contributed by atoms with Crippen LogP contribution in [0.2, 0.25) is 0 Å². The van der Waals surface area contributed by atoms with Crippen molar-refractivity contribution in [3.63, 3.8) is 0 Å². The van der Waals surface area contributed by atoms with E-state index in [4.69, 9.17) is 9.47 Å². The molecule has 0 saturated carbocycles. The van der Waals surface area contributed by atoms with Crippen molar-refractivity contribution in [2.45, 2.75) is 65.2 Å². The number of hydrogen-bond donors (Lipinski definition) is 0. The van der Waals surface area contributed by atoms with E-state index in [0.717, 1.165) is 71.3 Å². The average Bonchev–Trinajstić information content (AvgIpc) is 3.28. The first-order chi connectivity index (χ1) is 19.0. The SMILES string of the molecule is CCCN1/C(=C\C2=C([O-])C(=C\C3=[N+](CCC)c4ccc(OC)cc4C3(C)C)/C2=O)C(C)(C)c2cc(OC)ccc21. The van der Waals surface area contributed by atoms with Crippen molar-refractivity contribution in [2.24, 2.45) is 0 Å². The molecule has 6 nitrogen and oxygen atoms in total. The Morgan fingerprint density at radius 2 is 1.55 bits per heavy atom. The summed E-state index contributed by atoms with van der Waals surface area (Å²) < 4.78 is 13.2. The highest BCUT2D eigenvalue weighted by atomic mass is 16.5. The average molecular weight is 541 g/mol. The summed E-state index contributed by atoms with van der Waals surface area (Å²) in [4.78, 5) is 15.8. The van der Waals surface area contributed by atoms with Gasteiger partial charge in [0.05, 0.1) is 19.6 Å². The summed E-state index contributed by atoms with van der Waals surface area (Å²) in [6.45, 7) is 14.4. The maximum atomic E-state index is 13.6. The van der Waals surface area contributed by atoms with Crippen LogP contribution in [-0.4, -0.2) is 43.4 Å². The largest absolute Gasteiger partial charge is 0.871 e. The third-order valence-corrected chi connectivity index (χ3v) is 8.63. The number of allylic oxidation sites excluding steroid dienone is 5. The van der Waals surface area contributed by atoms with Crippen molar-refractivity contribution >= 4 is 22.9 Å². The fourth-order valence-corrected chi connectivity index (χ4v) is 6.38. The molecule has 6 heteroatoms. The van der Waals surface area contributed by atoms with Gasteiger partial charge in [-0.2, -0.15) is 4.58 Å². The van der Waals surface area contributed by atoms with Gasteiger partial charge in [0, 0.05) is 58.6 Å². The number of fused-ring (bicyclic) bond motifs is 2. The molecule has 1 aliphatic carbocycles. The summed E-state index contributed by atoms with van der Waals surface area (Å²) in [6.07, 6.45) is 5.54. The predicted octanol–water partition coefficient (Wildman–Crippen LogP) is 5.71. The first-order valence-electron chi connectivity index (χ1n) is 14.2. The zero-order valence-electron chi connectivity index (χ0n) is 25.0. The number of nitrogens with zero attached hydrogens (tertiary/aromatic N) is 2. The van der Waals surface area contributed by atoms with Gasteiger partial charge in [0.15, 0.2) is 11.5 Å². The highest BCUT2D eigenvalue weighted by Gasteiger charge is 2.46. The molecule has 5 rings (SSSR count). The van der Waals surface area contributed by atoms with E-state index in [2.05, 4.69) is 75.3 Å². The number of carbonyl (C=O) groups is 1. The Morgan fingerprint density at radius 3 is 2.15 bits per heavy atom. The van der Waals surface area contributed by atoms with E-state index in [0.29, 0.717) is 0 Å². The number of ketones is 1. The molecule has 2 aliphatic heterocycles. The standard InChI is InChI=1S/C34H40N2O4/c1-9-15-35-27-13-11-21(39-7)17-25(27)33(3,4)29(35)19-23-31(37)24(32(23)38)20-30-34(5,6)26-18-22(40-8)12-14-28(26)36(30)16-10-2/h11-14,17-20H,9-10,15-16H2,1-8H3. The summed E-state index contributed by atoms with van der Waals surface area (Å²) in [5, 5.41) is 13.6. The second kappa shape index (κ2) is 9.99. The van der Waals surface area contributed by atoms with Crippen LogP contribution in [0.5, 0.6) is 11.5 Å². The Balaban J connectivity index is 1.58. The van der Waals surface area contributed by atoms with Crippen molar-refractivity contribution in [1.29, 1.82) is 0 Å². The summed E-state index contributed by atoms with van der Waals surface area (Å²) in [5.74, 6) is 1.22. The van der Waals surface area contributed by atoms with Crippen molar-refractivity contribution in [2.75, 3.05) is 32.2 Å². The molecule has 2 aromatic carbocycles. The minimum absolute atomic E-state index is 0.188. The molecule has 2 heterocycles. The smallest absolute Gasteiger partial charge is 0.210 e. The summed E-state index contributed by atoms with van der Waals surface area (Å²) in [5.41, 5.74) is 6.15. The van der Waals surface area contributed by atoms with Crippen molar-refractivity contribution < 1.29 is 24.0 Å². The Morgan fingerprint density at radius 1 is 0.900 bits per heavy atom. The van der Waals surface area contributed by atoms with Gasteiger partial charge < -0.3 is 19.5 Å². The first-order valence-corrected chi connectivity index (χ1v) is 14.2. The summed E-state index contributed by atoms with van der Waals surface area (Å²) >= 11 is 0. The van der Waals surface area contributed by atoms with E-state index in [-0.39, 0.29) is 33.5 Å². The molecule has 0 fully saturated rings. The lowest BCUT2D eigenvalue weighted by atomic mass is 9.77. The van der Waals surface area contributed by atoms with E-state index >= 15 is 0 Å². The number of ether oxygens (including phenoxy) is 2. The van der Waals surface area contributed by atoms with Gasteiger partial charge in [-0.05, 0) is 62.2 Å². The highest BCUT2D eigenvalue weighted by molar-refractivity contribution is 6.24. The third-order valence-electron chi connectivity index (χ3n) is 8.63. The topological polar surface area (TPSA) is 64.8 Å². The van der Waals surface area contributed by atoms with E-state index in [1.54, 1.807) is 14.2 Å². The van der Waals surface area contributed by atoms with Gasteiger partial charge in [0.25, 0.3) is 0 Å². The molecule has 40 heavy (non-hydrogen) atoms. The molecule has 0 N–H and O–H groups in total. The Labute approximate surface area is 237 Å². The molecule has 0 aromatic heterocycles. The van der Waals surface area contributed by atoms with Gasteiger partial charge in [0.1, 0.15) is 18.0 Å². The van der Waals surface area contributed by atoms with Crippen LogP contribution in [0.15, 0.2) is 71.2 Å². The van der Waals surface area contributed by atoms with E-state index in [1.807, 2.05) is 24.3 Å². The first kappa shape index (κ1) is 27.8. The van der Waals surface area contributed by atoms with E-state index in [9.17, 15) is 9.90 Å². The van der Waals surface area contributed by atoms with Gasteiger partial charge in [-0.1, -0.05) is 33.5 Å². The van der Waals surface area contributed by atoms with Gasteiger partial charge in [-0.15, -0.1) is 0 Å². The minimum Gasteiger partial charge on any atom is -0.871 e. The molecule has 3 aliphatic rings. The maximum Gasteiger partial charge on any atom is 0.210 e. The van der Waals surface area contributed by atoms with Crippen LogP contribution in [0.3, 0.4) is 0 Å². The van der Waals surface area contributed by atoms with Crippen molar-refractivity contribution in [1.82, 2.24) is 0 Å². The lowest BCUT2D eigenvalue weighted by Crippen LogP contribution is -2.35. The molecule has 0 radical (unpaired) electrons. The zero-order chi connectivity index (χ0) is 29.0. The lowest BCUT2D eigenvalue weighted by molar-refractivity contribution is -0.437. The minimum atomic E-state index is -0.382. The molecule has 0 unspecified atom stereocenters. The molecule has 0 bridgehead atoms. The Bertz CT molecular complexity index is 1520. The Kier molecular flexibility index (Phi) is 6.93. The van der Waals surface area contributed by atoms with Gasteiger partial charge in [-0.25, -0.2) is 0 Å². The summed E-state index contributed by atoms with van der Waals surface area (Å²) in [6, 6.07) is 12.2. The molecular formula is C34H40N2O4. The van der Waals surface area contributed by atoms with Crippen LogP contribution in [0.25, 0.3) is 0 Å². The van der Waals surface area contributed by atoms with Crippen LogP contribution in [-0.2, 0) is 15.6 Å². The monoisotopic (exact) mass is 540 g/mol. The third kappa shape index (κ3) is 4.07. The molecule has 0 spiro atoms. The molecule has 0 atom stereocenters. The summed E-state index contributed by atoms with van der Waals surface area (Å²) in [7, 11) is 3.33. The second-order valence-electron chi connectivity index (χ2n) is 11.9. The molecule has 0 amide bonds. The van der Waals surface area contributed by atoms with Crippen molar-refractivity contribution in [3.8, 4) is 11.5 Å². The second-order valence-corrected chi connectivity index (χ2v) is 11.9. The highest BCUT2D eigenvalue weighted by Crippen LogP contribution is 2.50. The normalized spacial score (nSPS) is 20.8. The number of carbonyl (C=O) groups excluding carboxylic acids is 1. The number of methoxy groups -OCH3 is 2. The van der Waals surface area contributed by atoms with Crippen LogP contribution in [0, 0.1) is 0 Å². The number of anilines is 1. The van der Waals surface area contributed by atoms with Crippen LogP contribution in [0.1, 0.15) is 65.5 Å². The predicted molar refractivity (Wildman–Crippen MR) is 158 cm³/mol. The van der Waals surface area contributed by atoms with Gasteiger partial charge in [0.2, 0.25) is 5.69 Å². The molecule has 2 aromatic rings. The van der Waals surface area contributed by atoms with Gasteiger partial charge in [-0.3, -0.25) is 4.79 Å². The van der Waals surface area contributed by atoms with E-state index < -0.39 is 0 Å². The molecular weight excluding hydrogens is 500 g/mol. The van der Waals surface area contributed by atoms with E-state index in [1.165, 1.54) is 0 Å². The fourth-order valence-electron chi connectivity index (χ4n) is 6.38. The van der Waals surface area contributed by atoms with Crippen molar-refractivity contribution in [3.05, 3.63) is 82.3 Å². The maximum absolute atomic E-state index is 13.6. The molecule has 210 valence electrons.